The molecule has 0 radical (unpaired) electrons. The third kappa shape index (κ3) is 4.09. The van der Waals surface area contributed by atoms with E-state index in [0.717, 1.165) is 24.8 Å². The second-order valence-electron chi connectivity index (χ2n) is 7.10. The number of nitrogens with two attached hydrogens (primary N) is 2. The van der Waals surface area contributed by atoms with Crippen LogP contribution in [0.3, 0.4) is 0 Å². The molecule has 1 saturated carbocycles. The van der Waals surface area contributed by atoms with Crippen LogP contribution in [-0.2, 0) is 15.1 Å². The van der Waals surface area contributed by atoms with Crippen molar-refractivity contribution in [3.63, 3.8) is 0 Å². The summed E-state index contributed by atoms with van der Waals surface area (Å²) in [5.74, 6) is 0.384. The first-order chi connectivity index (χ1) is 12.9. The summed E-state index contributed by atoms with van der Waals surface area (Å²) >= 11 is 6.41. The van der Waals surface area contributed by atoms with Crippen LogP contribution in [0.5, 0.6) is 0 Å². The Hall–Kier alpha value is -2.12. The molecule has 1 aromatic rings. The van der Waals surface area contributed by atoms with E-state index in [4.69, 9.17) is 38.2 Å². The number of nitrogens with one attached hydrogen (secondary N) is 2. The van der Waals surface area contributed by atoms with Crippen molar-refractivity contribution in [3.05, 3.63) is 34.9 Å². The first-order valence-electron chi connectivity index (χ1n) is 9.33. The molecule has 0 saturated heterocycles. The fourth-order valence-corrected chi connectivity index (χ4v) is 4.07. The average Bonchev–Trinajstić information content (AvgIpc) is 2.61. The van der Waals surface area contributed by atoms with Gasteiger partial charge in [0.25, 0.3) is 0 Å². The maximum atomic E-state index is 13.0. The van der Waals surface area contributed by atoms with Crippen LogP contribution in [0.15, 0.2) is 29.3 Å². The van der Waals surface area contributed by atoms with Gasteiger partial charge in [-0.2, -0.15) is 0 Å². The fourth-order valence-electron chi connectivity index (χ4n) is 3.78. The Bertz CT molecular complexity index is 753. The van der Waals surface area contributed by atoms with Crippen molar-refractivity contribution >= 4 is 29.2 Å². The number of fused-ring (bicyclic) bond motifs is 2. The van der Waals surface area contributed by atoms with Crippen LogP contribution < -0.4 is 16.8 Å². The molecule has 8 heteroatoms. The smallest absolute Gasteiger partial charge is 0.205 e. The van der Waals surface area contributed by atoms with Crippen molar-refractivity contribution in [1.82, 2.24) is 5.32 Å². The maximum Gasteiger partial charge on any atom is 0.205 e. The third-order valence-corrected chi connectivity index (χ3v) is 5.49. The van der Waals surface area contributed by atoms with Crippen LogP contribution in [0.25, 0.3) is 0 Å². The summed E-state index contributed by atoms with van der Waals surface area (Å²) in [6, 6.07) is 7.00. The van der Waals surface area contributed by atoms with Gasteiger partial charge in [-0.1, -0.05) is 29.8 Å². The molecule has 1 fully saturated rings. The zero-order valence-corrected chi connectivity index (χ0v) is 16.0. The molecule has 1 unspecified atom stereocenters. The Balaban J connectivity index is 1.78. The normalized spacial score (nSPS) is 25.3. The molecular weight excluding hydrogens is 366 g/mol. The molecule has 3 rings (SSSR count). The number of Topliss-reactive ketones (excluding diaryl/α,β-unsaturated/α-hetero) is 1. The number of guanidine groups is 1. The molecule has 146 valence electrons. The lowest BCUT2D eigenvalue weighted by atomic mass is 9.73. The Labute approximate surface area is 164 Å². The SMILES string of the molecule is N=C(N)NCCCCC(N)C1=N[C@]2(c3ccccc3Cl)CCC[C@H](O1)C2=O. The number of hydrogen-bond acceptors (Lipinski definition) is 5. The summed E-state index contributed by atoms with van der Waals surface area (Å²) in [5.41, 5.74) is 11.3. The van der Waals surface area contributed by atoms with Crippen LogP contribution in [0.2, 0.25) is 5.02 Å². The lowest BCUT2D eigenvalue weighted by Gasteiger charge is -2.42. The number of ketones is 1. The molecule has 1 aromatic carbocycles. The molecule has 0 spiro atoms. The predicted octanol–water partition coefficient (Wildman–Crippen LogP) is 2.07. The number of carbonyl (C=O) groups excluding carboxylic acids is 1. The van der Waals surface area contributed by atoms with E-state index in [1.807, 2.05) is 18.2 Å². The summed E-state index contributed by atoms with van der Waals surface area (Å²) < 4.78 is 5.88. The summed E-state index contributed by atoms with van der Waals surface area (Å²) in [5, 5.41) is 10.5. The number of rotatable bonds is 7. The molecule has 1 aliphatic heterocycles. The number of ether oxygens (including phenoxy) is 1. The van der Waals surface area contributed by atoms with E-state index >= 15 is 0 Å². The molecule has 1 heterocycles. The van der Waals surface area contributed by atoms with E-state index < -0.39 is 11.6 Å². The van der Waals surface area contributed by atoms with E-state index in [-0.39, 0.29) is 17.8 Å². The second kappa shape index (κ2) is 8.27. The Morgan fingerprint density at radius 2 is 2.22 bits per heavy atom. The molecule has 2 bridgehead atoms. The maximum absolute atomic E-state index is 13.0. The van der Waals surface area contributed by atoms with Crippen molar-refractivity contribution in [2.75, 3.05) is 6.54 Å². The number of benzene rings is 1. The summed E-state index contributed by atoms with van der Waals surface area (Å²) in [6.45, 7) is 0.625. The molecule has 0 aromatic heterocycles. The van der Waals surface area contributed by atoms with Gasteiger partial charge in [0.2, 0.25) is 11.7 Å². The molecule has 7 nitrogen and oxygen atoms in total. The van der Waals surface area contributed by atoms with E-state index in [0.29, 0.717) is 36.7 Å². The zero-order chi connectivity index (χ0) is 19.4. The number of hydrogen-bond donors (Lipinski definition) is 4. The number of aliphatic imine (C=N–C) groups is 1. The molecule has 6 N–H and O–H groups in total. The lowest BCUT2D eigenvalue weighted by Crippen LogP contribution is -2.54. The van der Waals surface area contributed by atoms with Gasteiger partial charge < -0.3 is 21.5 Å². The first-order valence-corrected chi connectivity index (χ1v) is 9.71. The minimum absolute atomic E-state index is 0.0246. The number of nitrogens with zero attached hydrogens (tertiary/aromatic N) is 1. The molecular formula is C19H26ClN5O2. The highest BCUT2D eigenvalue weighted by atomic mass is 35.5. The van der Waals surface area contributed by atoms with Crippen molar-refractivity contribution in [2.45, 2.75) is 56.2 Å². The minimum atomic E-state index is -0.983. The molecule has 27 heavy (non-hydrogen) atoms. The van der Waals surface area contributed by atoms with Gasteiger partial charge in [-0.15, -0.1) is 0 Å². The van der Waals surface area contributed by atoms with Crippen molar-refractivity contribution < 1.29 is 9.53 Å². The van der Waals surface area contributed by atoms with Crippen LogP contribution in [0.4, 0.5) is 0 Å². The highest BCUT2D eigenvalue weighted by Crippen LogP contribution is 2.44. The van der Waals surface area contributed by atoms with Gasteiger partial charge in [0.15, 0.2) is 17.6 Å². The fraction of sp³-hybridized carbons (Fsp3) is 0.526. The number of halogens is 1. The Kier molecular flexibility index (Phi) is 6.01. The lowest BCUT2D eigenvalue weighted by molar-refractivity contribution is -0.137. The standard InChI is InChI=1S/C19H26ClN5O2/c20-13-7-2-1-6-12(13)19-10-5-9-15(16(19)26)27-17(25-19)14(21)8-3-4-11-24-18(22)23/h1-2,6-7,14-15H,3-5,8-11,21H2,(H4,22,23,24)/t14?,15-,19-/m0/s1. The molecule has 3 atom stereocenters. The van der Waals surface area contributed by atoms with Crippen LogP contribution >= 0.6 is 11.6 Å². The van der Waals surface area contributed by atoms with Gasteiger partial charge in [-0.05, 0) is 44.6 Å². The quantitative estimate of drug-likeness (QED) is 0.321. The second-order valence-corrected chi connectivity index (χ2v) is 7.50. The summed E-state index contributed by atoms with van der Waals surface area (Å²) in [6.07, 6.45) is 3.99. The van der Waals surface area contributed by atoms with E-state index in [9.17, 15) is 4.79 Å². The number of unbranched alkanes of at least 4 members (excludes halogenated alkanes) is 1. The Morgan fingerprint density at radius 1 is 1.44 bits per heavy atom. The molecule has 0 amide bonds. The van der Waals surface area contributed by atoms with E-state index in [1.54, 1.807) is 6.07 Å². The summed E-state index contributed by atoms with van der Waals surface area (Å²) in [7, 11) is 0. The van der Waals surface area contributed by atoms with Crippen molar-refractivity contribution in [1.29, 1.82) is 5.41 Å². The van der Waals surface area contributed by atoms with Gasteiger partial charge >= 0.3 is 0 Å². The van der Waals surface area contributed by atoms with Crippen LogP contribution in [0.1, 0.15) is 44.1 Å². The van der Waals surface area contributed by atoms with Crippen molar-refractivity contribution in [2.24, 2.45) is 16.5 Å². The topological polar surface area (TPSA) is 127 Å². The largest absolute Gasteiger partial charge is 0.468 e. The summed E-state index contributed by atoms with van der Waals surface area (Å²) in [4.78, 5) is 17.8. The third-order valence-electron chi connectivity index (χ3n) is 5.16. The highest BCUT2D eigenvalue weighted by Gasteiger charge is 2.52. The van der Waals surface area contributed by atoms with Gasteiger partial charge in [-0.3, -0.25) is 10.2 Å². The van der Waals surface area contributed by atoms with Crippen LogP contribution in [-0.4, -0.2) is 36.3 Å². The van der Waals surface area contributed by atoms with Gasteiger partial charge in [0, 0.05) is 17.1 Å². The zero-order valence-electron chi connectivity index (χ0n) is 15.2. The van der Waals surface area contributed by atoms with Gasteiger partial charge in [-0.25, -0.2) is 4.99 Å². The van der Waals surface area contributed by atoms with Crippen LogP contribution in [0, 0.1) is 5.41 Å². The molecule has 1 aliphatic carbocycles. The average molecular weight is 392 g/mol. The van der Waals surface area contributed by atoms with E-state index in [1.165, 1.54) is 0 Å². The van der Waals surface area contributed by atoms with Gasteiger partial charge in [0.05, 0.1) is 6.04 Å². The minimum Gasteiger partial charge on any atom is -0.468 e. The van der Waals surface area contributed by atoms with E-state index in [2.05, 4.69) is 5.32 Å². The Morgan fingerprint density at radius 3 is 2.96 bits per heavy atom. The molecule has 2 aliphatic rings. The predicted molar refractivity (Wildman–Crippen MR) is 106 cm³/mol. The highest BCUT2D eigenvalue weighted by molar-refractivity contribution is 6.32. The van der Waals surface area contributed by atoms with Crippen molar-refractivity contribution in [3.8, 4) is 0 Å². The number of carbonyl (C=O) groups is 1. The monoisotopic (exact) mass is 391 g/mol. The first kappa shape index (κ1) is 19.6. The van der Waals surface area contributed by atoms with Gasteiger partial charge in [0.1, 0.15) is 0 Å².